The molecule has 3 heteroatoms. The topological polar surface area (TPSA) is 23.6 Å². The van der Waals surface area contributed by atoms with Crippen LogP contribution in [0.1, 0.15) is 11.1 Å². The van der Waals surface area contributed by atoms with Crippen molar-refractivity contribution < 1.29 is 4.79 Å². The highest BCUT2D eigenvalue weighted by molar-refractivity contribution is 5.80. The van der Waals surface area contributed by atoms with Gasteiger partial charge in [-0.25, -0.2) is 0 Å². The Morgan fingerprint density at radius 1 is 0.783 bits per heavy atom. The summed E-state index contributed by atoms with van der Waals surface area (Å²) in [6.07, 6.45) is 1.82. The van der Waals surface area contributed by atoms with Gasteiger partial charge in [-0.15, -0.1) is 0 Å². The highest BCUT2D eigenvalue weighted by Crippen LogP contribution is 2.28. The molecule has 1 saturated heterocycles. The molecule has 0 saturated carbocycles. The first-order valence-electron chi connectivity index (χ1n) is 8.47. The second-order valence-corrected chi connectivity index (χ2v) is 6.52. The molecule has 1 aliphatic carbocycles. The van der Waals surface area contributed by atoms with Crippen molar-refractivity contribution in [2.24, 2.45) is 5.92 Å². The van der Waals surface area contributed by atoms with Crippen LogP contribution in [0, 0.1) is 5.92 Å². The van der Waals surface area contributed by atoms with E-state index in [-0.39, 0.29) is 5.92 Å². The van der Waals surface area contributed by atoms with E-state index in [1.165, 1.54) is 16.8 Å². The van der Waals surface area contributed by atoms with Crippen LogP contribution in [0.15, 0.2) is 54.6 Å². The summed E-state index contributed by atoms with van der Waals surface area (Å²) < 4.78 is 0. The van der Waals surface area contributed by atoms with Gasteiger partial charge in [0.05, 0.1) is 0 Å². The van der Waals surface area contributed by atoms with E-state index < -0.39 is 0 Å². The summed E-state index contributed by atoms with van der Waals surface area (Å²) in [5.41, 5.74) is 3.97. The number of hydrogen-bond donors (Lipinski definition) is 0. The summed E-state index contributed by atoms with van der Waals surface area (Å²) in [6.45, 7) is 3.52. The molecule has 1 amide bonds. The average molecular weight is 306 g/mol. The minimum Gasteiger partial charge on any atom is -0.368 e. The number of amides is 1. The average Bonchev–Trinajstić information content (AvgIpc) is 3.06. The van der Waals surface area contributed by atoms with E-state index in [9.17, 15) is 4.79 Å². The summed E-state index contributed by atoms with van der Waals surface area (Å²) in [5, 5.41) is 0. The van der Waals surface area contributed by atoms with E-state index in [4.69, 9.17) is 0 Å². The summed E-state index contributed by atoms with van der Waals surface area (Å²) in [5.74, 6) is 0.490. The standard InChI is InChI=1S/C20H22N2O/c23-20(18-14-16-6-4-5-7-17(16)15-18)22-12-10-21(11-13-22)19-8-2-1-3-9-19/h1-9,18H,10-15H2. The van der Waals surface area contributed by atoms with Gasteiger partial charge >= 0.3 is 0 Å². The third-order valence-electron chi connectivity index (χ3n) is 5.11. The van der Waals surface area contributed by atoms with Gasteiger partial charge in [-0.2, -0.15) is 0 Å². The van der Waals surface area contributed by atoms with Crippen LogP contribution >= 0.6 is 0 Å². The number of hydrogen-bond acceptors (Lipinski definition) is 2. The van der Waals surface area contributed by atoms with Gasteiger partial charge in [0.2, 0.25) is 5.91 Å². The zero-order valence-corrected chi connectivity index (χ0v) is 13.3. The van der Waals surface area contributed by atoms with Crippen molar-refractivity contribution in [3.05, 3.63) is 65.7 Å². The van der Waals surface area contributed by atoms with Crippen LogP contribution in [0.25, 0.3) is 0 Å². The van der Waals surface area contributed by atoms with E-state index in [1.54, 1.807) is 0 Å². The Morgan fingerprint density at radius 3 is 1.96 bits per heavy atom. The van der Waals surface area contributed by atoms with Gasteiger partial charge in [0.15, 0.2) is 0 Å². The summed E-state index contributed by atoms with van der Waals surface area (Å²) >= 11 is 0. The lowest BCUT2D eigenvalue weighted by atomic mass is 10.0. The molecule has 0 atom stereocenters. The highest BCUT2D eigenvalue weighted by atomic mass is 16.2. The first-order chi connectivity index (χ1) is 11.3. The minimum absolute atomic E-state index is 0.149. The number of nitrogens with zero attached hydrogens (tertiary/aromatic N) is 2. The molecule has 0 unspecified atom stereocenters. The van der Waals surface area contributed by atoms with E-state index in [0.717, 1.165) is 39.0 Å². The van der Waals surface area contributed by atoms with Crippen LogP contribution in [-0.2, 0) is 17.6 Å². The second-order valence-electron chi connectivity index (χ2n) is 6.52. The fraction of sp³-hybridized carbons (Fsp3) is 0.350. The van der Waals surface area contributed by atoms with E-state index in [0.29, 0.717) is 5.91 Å². The Balaban J connectivity index is 1.37. The third kappa shape index (κ3) is 2.83. The first-order valence-corrected chi connectivity index (χ1v) is 8.47. The first kappa shape index (κ1) is 14.3. The van der Waals surface area contributed by atoms with Gasteiger partial charge in [0, 0.05) is 37.8 Å². The predicted octanol–water partition coefficient (Wildman–Crippen LogP) is 2.75. The number of carbonyl (C=O) groups is 1. The number of benzene rings is 2. The number of piperazine rings is 1. The van der Waals surface area contributed by atoms with Crippen LogP contribution in [0.3, 0.4) is 0 Å². The van der Waals surface area contributed by atoms with Crippen LogP contribution in [0.4, 0.5) is 5.69 Å². The van der Waals surface area contributed by atoms with Crippen molar-refractivity contribution in [2.75, 3.05) is 31.1 Å². The van der Waals surface area contributed by atoms with Crippen molar-refractivity contribution in [3.8, 4) is 0 Å². The Kier molecular flexibility index (Phi) is 3.78. The third-order valence-corrected chi connectivity index (χ3v) is 5.11. The fourth-order valence-corrected chi connectivity index (χ4v) is 3.82. The molecular weight excluding hydrogens is 284 g/mol. The maximum Gasteiger partial charge on any atom is 0.226 e. The maximum absolute atomic E-state index is 12.8. The lowest BCUT2D eigenvalue weighted by molar-refractivity contribution is -0.135. The number of para-hydroxylation sites is 1. The summed E-state index contributed by atoms with van der Waals surface area (Å²) in [6, 6.07) is 18.9. The van der Waals surface area contributed by atoms with Crippen LogP contribution in [0.2, 0.25) is 0 Å². The zero-order valence-electron chi connectivity index (χ0n) is 13.3. The number of rotatable bonds is 2. The summed E-state index contributed by atoms with van der Waals surface area (Å²) in [7, 11) is 0. The molecule has 2 aromatic carbocycles. The van der Waals surface area contributed by atoms with Gasteiger partial charge in [-0.1, -0.05) is 42.5 Å². The van der Waals surface area contributed by atoms with Crippen LogP contribution in [0.5, 0.6) is 0 Å². The maximum atomic E-state index is 12.8. The molecule has 0 bridgehead atoms. The number of fused-ring (bicyclic) bond motifs is 1. The largest absolute Gasteiger partial charge is 0.368 e. The molecular formula is C20H22N2O. The van der Waals surface area contributed by atoms with E-state index >= 15 is 0 Å². The molecule has 23 heavy (non-hydrogen) atoms. The summed E-state index contributed by atoms with van der Waals surface area (Å²) in [4.78, 5) is 17.3. The Bertz CT molecular complexity index is 665. The molecule has 1 heterocycles. The normalized spacial score (nSPS) is 18.1. The van der Waals surface area contributed by atoms with Gasteiger partial charge < -0.3 is 9.80 Å². The smallest absolute Gasteiger partial charge is 0.226 e. The fourth-order valence-electron chi connectivity index (χ4n) is 3.82. The van der Waals surface area contributed by atoms with E-state index in [2.05, 4.69) is 58.3 Å². The van der Waals surface area contributed by atoms with Crippen molar-refractivity contribution in [3.63, 3.8) is 0 Å². The lowest BCUT2D eigenvalue weighted by Gasteiger charge is -2.37. The monoisotopic (exact) mass is 306 g/mol. The molecule has 118 valence electrons. The molecule has 3 nitrogen and oxygen atoms in total. The van der Waals surface area contributed by atoms with Crippen LogP contribution < -0.4 is 4.90 Å². The number of anilines is 1. The van der Waals surface area contributed by atoms with Crippen molar-refractivity contribution in [1.29, 1.82) is 0 Å². The Hall–Kier alpha value is -2.29. The lowest BCUT2D eigenvalue weighted by Crippen LogP contribution is -2.50. The molecule has 2 aliphatic rings. The number of carbonyl (C=O) groups excluding carboxylic acids is 1. The van der Waals surface area contributed by atoms with E-state index in [1.807, 2.05) is 6.07 Å². The quantitative estimate of drug-likeness (QED) is 0.852. The van der Waals surface area contributed by atoms with Gasteiger partial charge in [-0.3, -0.25) is 4.79 Å². The Morgan fingerprint density at radius 2 is 1.35 bits per heavy atom. The van der Waals surface area contributed by atoms with Crippen molar-refractivity contribution in [2.45, 2.75) is 12.8 Å². The minimum atomic E-state index is 0.149. The SMILES string of the molecule is O=C(C1Cc2ccccc2C1)N1CCN(c2ccccc2)CC1. The molecule has 0 aromatic heterocycles. The zero-order chi connectivity index (χ0) is 15.6. The van der Waals surface area contributed by atoms with Gasteiger partial charge in [-0.05, 0) is 36.1 Å². The molecule has 1 fully saturated rings. The van der Waals surface area contributed by atoms with Crippen molar-refractivity contribution >= 4 is 11.6 Å². The molecule has 0 radical (unpaired) electrons. The molecule has 0 spiro atoms. The predicted molar refractivity (Wildman–Crippen MR) is 92.6 cm³/mol. The van der Waals surface area contributed by atoms with Gasteiger partial charge in [0.1, 0.15) is 0 Å². The Labute approximate surface area is 137 Å². The second kappa shape index (κ2) is 6.07. The molecule has 2 aromatic rings. The van der Waals surface area contributed by atoms with Crippen molar-refractivity contribution in [1.82, 2.24) is 4.90 Å². The molecule has 4 rings (SSSR count). The molecule has 0 N–H and O–H groups in total. The molecule has 1 aliphatic heterocycles. The highest BCUT2D eigenvalue weighted by Gasteiger charge is 2.31. The van der Waals surface area contributed by atoms with Gasteiger partial charge in [0.25, 0.3) is 0 Å². The van der Waals surface area contributed by atoms with Crippen LogP contribution in [-0.4, -0.2) is 37.0 Å².